The summed E-state index contributed by atoms with van der Waals surface area (Å²) in [5.41, 5.74) is -1.07. The summed E-state index contributed by atoms with van der Waals surface area (Å²) < 4.78 is 10.5. The predicted octanol–water partition coefficient (Wildman–Crippen LogP) is 1.73. The number of methoxy groups -OCH3 is 1. The Bertz CT molecular complexity index is 233. The minimum atomic E-state index is -0.795. The molecular formula is C12H25NO3. The second kappa shape index (κ2) is 5.64. The zero-order valence-corrected chi connectivity index (χ0v) is 11.5. The fourth-order valence-corrected chi connectivity index (χ4v) is 1.38. The van der Waals surface area contributed by atoms with Gasteiger partial charge in [0, 0.05) is 6.04 Å². The normalized spacial score (nSPS) is 16.0. The van der Waals surface area contributed by atoms with E-state index in [1.165, 1.54) is 7.11 Å². The van der Waals surface area contributed by atoms with Crippen molar-refractivity contribution in [3.63, 3.8) is 0 Å². The first-order chi connectivity index (χ1) is 7.10. The van der Waals surface area contributed by atoms with E-state index in [2.05, 4.69) is 5.32 Å². The van der Waals surface area contributed by atoms with E-state index in [0.717, 1.165) is 0 Å². The molecular weight excluding hydrogens is 206 g/mol. The van der Waals surface area contributed by atoms with Crippen LogP contribution in [0.15, 0.2) is 0 Å². The van der Waals surface area contributed by atoms with Gasteiger partial charge in [0.05, 0.1) is 19.3 Å². The van der Waals surface area contributed by atoms with Gasteiger partial charge in [-0.15, -0.1) is 0 Å². The summed E-state index contributed by atoms with van der Waals surface area (Å²) >= 11 is 0. The van der Waals surface area contributed by atoms with Crippen LogP contribution >= 0.6 is 0 Å². The standard InChI is InChI=1S/C12H25NO3/c1-9(2)13-12(6,10(14)15-7)8-16-11(3,4)5/h9,13H,8H2,1-7H3. The summed E-state index contributed by atoms with van der Waals surface area (Å²) in [7, 11) is 1.39. The summed E-state index contributed by atoms with van der Waals surface area (Å²) in [6.45, 7) is 11.9. The summed E-state index contributed by atoms with van der Waals surface area (Å²) in [5, 5.41) is 3.18. The molecule has 0 saturated heterocycles. The molecule has 0 aliphatic carbocycles. The van der Waals surface area contributed by atoms with E-state index in [1.807, 2.05) is 34.6 Å². The molecule has 0 saturated carbocycles. The van der Waals surface area contributed by atoms with E-state index in [0.29, 0.717) is 6.61 Å². The lowest BCUT2D eigenvalue weighted by Gasteiger charge is -2.33. The highest BCUT2D eigenvalue weighted by Gasteiger charge is 2.36. The molecule has 1 N–H and O–H groups in total. The third-order valence-electron chi connectivity index (χ3n) is 2.04. The van der Waals surface area contributed by atoms with Crippen molar-refractivity contribution in [2.45, 2.75) is 58.7 Å². The molecule has 96 valence electrons. The van der Waals surface area contributed by atoms with Crippen LogP contribution in [0.5, 0.6) is 0 Å². The largest absolute Gasteiger partial charge is 0.468 e. The molecule has 0 spiro atoms. The highest BCUT2D eigenvalue weighted by atomic mass is 16.5. The molecule has 4 nitrogen and oxygen atoms in total. The van der Waals surface area contributed by atoms with Crippen LogP contribution in [-0.4, -0.2) is 36.9 Å². The summed E-state index contributed by atoms with van der Waals surface area (Å²) in [6, 6.07) is 0.188. The van der Waals surface area contributed by atoms with Gasteiger partial charge in [0.15, 0.2) is 0 Å². The molecule has 0 aliphatic heterocycles. The first-order valence-electron chi connectivity index (χ1n) is 5.61. The predicted molar refractivity (Wildman–Crippen MR) is 64.4 cm³/mol. The number of hydrogen-bond donors (Lipinski definition) is 1. The third-order valence-corrected chi connectivity index (χ3v) is 2.04. The van der Waals surface area contributed by atoms with Crippen molar-refractivity contribution in [2.24, 2.45) is 0 Å². The number of hydrogen-bond acceptors (Lipinski definition) is 4. The van der Waals surface area contributed by atoms with Crippen LogP contribution in [-0.2, 0) is 14.3 Å². The topological polar surface area (TPSA) is 47.6 Å². The Morgan fingerprint density at radius 2 is 1.75 bits per heavy atom. The molecule has 0 aromatic heterocycles. The van der Waals surface area contributed by atoms with Gasteiger partial charge in [0.2, 0.25) is 0 Å². The van der Waals surface area contributed by atoms with E-state index in [4.69, 9.17) is 9.47 Å². The van der Waals surface area contributed by atoms with Gasteiger partial charge in [-0.3, -0.25) is 5.32 Å². The molecule has 0 rings (SSSR count). The molecule has 0 aromatic rings. The zero-order valence-electron chi connectivity index (χ0n) is 11.5. The molecule has 4 heteroatoms. The first-order valence-corrected chi connectivity index (χ1v) is 5.61. The highest BCUT2D eigenvalue weighted by Crippen LogP contribution is 2.14. The molecule has 0 fully saturated rings. The minimum Gasteiger partial charge on any atom is -0.468 e. The fourth-order valence-electron chi connectivity index (χ4n) is 1.38. The Kier molecular flexibility index (Phi) is 5.42. The molecule has 0 aliphatic rings. The van der Waals surface area contributed by atoms with Crippen LogP contribution in [0.1, 0.15) is 41.5 Å². The van der Waals surface area contributed by atoms with Gasteiger partial charge in [-0.25, -0.2) is 4.79 Å². The monoisotopic (exact) mass is 231 g/mol. The van der Waals surface area contributed by atoms with E-state index >= 15 is 0 Å². The average molecular weight is 231 g/mol. The van der Waals surface area contributed by atoms with Crippen molar-refractivity contribution in [1.82, 2.24) is 5.32 Å². The third kappa shape index (κ3) is 5.47. The lowest BCUT2D eigenvalue weighted by Crippen LogP contribution is -2.57. The number of carbonyl (C=O) groups is 1. The Hall–Kier alpha value is -0.610. The Morgan fingerprint density at radius 3 is 2.06 bits per heavy atom. The highest BCUT2D eigenvalue weighted by molar-refractivity contribution is 5.80. The van der Waals surface area contributed by atoms with E-state index in [9.17, 15) is 4.79 Å². The SMILES string of the molecule is COC(=O)C(C)(COC(C)(C)C)NC(C)C. The van der Waals surface area contributed by atoms with Gasteiger partial charge in [0.25, 0.3) is 0 Å². The quantitative estimate of drug-likeness (QED) is 0.732. The van der Waals surface area contributed by atoms with Crippen LogP contribution < -0.4 is 5.32 Å². The second-order valence-corrected chi connectivity index (χ2v) is 5.52. The Morgan fingerprint density at radius 1 is 1.25 bits per heavy atom. The van der Waals surface area contributed by atoms with Crippen molar-refractivity contribution in [1.29, 1.82) is 0 Å². The fraction of sp³-hybridized carbons (Fsp3) is 0.917. The first kappa shape index (κ1) is 15.4. The molecule has 0 heterocycles. The van der Waals surface area contributed by atoms with Crippen LogP contribution in [0.3, 0.4) is 0 Å². The molecule has 0 amide bonds. The molecule has 0 bridgehead atoms. The average Bonchev–Trinajstić information content (AvgIpc) is 2.11. The van der Waals surface area contributed by atoms with E-state index in [1.54, 1.807) is 6.92 Å². The molecule has 1 unspecified atom stereocenters. The van der Waals surface area contributed by atoms with Crippen molar-refractivity contribution >= 4 is 5.97 Å². The van der Waals surface area contributed by atoms with Gasteiger partial charge in [-0.05, 0) is 41.5 Å². The van der Waals surface area contributed by atoms with Crippen LogP contribution in [0.2, 0.25) is 0 Å². The zero-order chi connectivity index (χ0) is 13.0. The van der Waals surface area contributed by atoms with Gasteiger partial charge >= 0.3 is 5.97 Å². The maximum Gasteiger partial charge on any atom is 0.328 e. The van der Waals surface area contributed by atoms with Crippen LogP contribution in [0.4, 0.5) is 0 Å². The summed E-state index contributed by atoms with van der Waals surface area (Å²) in [4.78, 5) is 11.7. The Labute approximate surface area is 98.7 Å². The molecule has 1 atom stereocenters. The lowest BCUT2D eigenvalue weighted by atomic mass is 10.0. The van der Waals surface area contributed by atoms with Crippen molar-refractivity contribution in [2.75, 3.05) is 13.7 Å². The molecule has 0 aromatic carbocycles. The number of nitrogens with one attached hydrogen (secondary N) is 1. The van der Waals surface area contributed by atoms with Gasteiger partial charge in [0.1, 0.15) is 5.54 Å². The van der Waals surface area contributed by atoms with Crippen molar-refractivity contribution < 1.29 is 14.3 Å². The minimum absolute atomic E-state index is 0.188. The van der Waals surface area contributed by atoms with Gasteiger partial charge < -0.3 is 9.47 Å². The lowest BCUT2D eigenvalue weighted by molar-refractivity contribution is -0.153. The van der Waals surface area contributed by atoms with Gasteiger partial charge in [-0.1, -0.05) is 0 Å². The number of ether oxygens (including phenoxy) is 2. The van der Waals surface area contributed by atoms with E-state index < -0.39 is 5.54 Å². The summed E-state index contributed by atoms with van der Waals surface area (Å²) in [5.74, 6) is -0.301. The number of carbonyl (C=O) groups excluding carboxylic acids is 1. The Balaban J connectivity index is 4.61. The second-order valence-electron chi connectivity index (χ2n) is 5.52. The van der Waals surface area contributed by atoms with Crippen molar-refractivity contribution in [3.8, 4) is 0 Å². The number of rotatable bonds is 5. The maximum absolute atomic E-state index is 11.7. The van der Waals surface area contributed by atoms with E-state index in [-0.39, 0.29) is 17.6 Å². The maximum atomic E-state index is 11.7. The molecule has 0 radical (unpaired) electrons. The van der Waals surface area contributed by atoms with Crippen molar-refractivity contribution in [3.05, 3.63) is 0 Å². The van der Waals surface area contributed by atoms with Gasteiger partial charge in [-0.2, -0.15) is 0 Å². The number of esters is 1. The summed E-state index contributed by atoms with van der Waals surface area (Å²) in [6.07, 6.45) is 0. The molecule has 16 heavy (non-hydrogen) atoms. The smallest absolute Gasteiger partial charge is 0.328 e. The van der Waals surface area contributed by atoms with Crippen LogP contribution in [0.25, 0.3) is 0 Å². The van der Waals surface area contributed by atoms with Crippen LogP contribution in [0, 0.1) is 0 Å².